The largest absolute Gasteiger partial charge is 0.489 e. The van der Waals surface area contributed by atoms with Crippen molar-refractivity contribution >= 4 is 23.1 Å². The quantitative estimate of drug-likeness (QED) is 0.696. The molecule has 0 spiro atoms. The zero-order valence-corrected chi connectivity index (χ0v) is 19.4. The van der Waals surface area contributed by atoms with E-state index in [1.54, 1.807) is 25.2 Å². The summed E-state index contributed by atoms with van der Waals surface area (Å²) >= 11 is 0. The molecule has 1 fully saturated rings. The van der Waals surface area contributed by atoms with Crippen LogP contribution in [0.1, 0.15) is 37.6 Å². The number of ether oxygens (including phenoxy) is 1. The molecule has 1 saturated heterocycles. The van der Waals surface area contributed by atoms with Crippen LogP contribution in [-0.4, -0.2) is 68.7 Å². The lowest BCUT2D eigenvalue weighted by Crippen LogP contribution is -2.47. The maximum absolute atomic E-state index is 13.0. The summed E-state index contributed by atoms with van der Waals surface area (Å²) in [5, 5.41) is 3.33. The van der Waals surface area contributed by atoms with Gasteiger partial charge in [-0.1, -0.05) is 19.1 Å². The second-order valence-electron chi connectivity index (χ2n) is 8.29. The van der Waals surface area contributed by atoms with Crippen LogP contribution < -0.4 is 19.9 Å². The molecular formula is C24H35N5O2. The number of benzene rings is 1. The second kappa shape index (κ2) is 10.4. The first kappa shape index (κ1) is 22.7. The van der Waals surface area contributed by atoms with Gasteiger partial charge in [-0.3, -0.25) is 4.79 Å². The minimum absolute atomic E-state index is 0.0280. The van der Waals surface area contributed by atoms with Crippen LogP contribution in [0.3, 0.4) is 0 Å². The summed E-state index contributed by atoms with van der Waals surface area (Å²) in [7, 11) is 3.57. The number of carbonyl (C=O) groups is 1. The van der Waals surface area contributed by atoms with E-state index in [0.717, 1.165) is 56.3 Å². The molecule has 0 bridgehead atoms. The number of carbonyl (C=O) groups excluding carboxylic acids is 1. The average Bonchev–Trinajstić information content (AvgIpc) is 2.77. The minimum Gasteiger partial charge on any atom is -0.489 e. The predicted octanol–water partition coefficient (Wildman–Crippen LogP) is 3.72. The predicted molar refractivity (Wildman–Crippen MR) is 128 cm³/mol. The number of nitrogens with one attached hydrogen (secondary N) is 1. The van der Waals surface area contributed by atoms with Crippen LogP contribution in [0.25, 0.3) is 0 Å². The number of amides is 1. The highest BCUT2D eigenvalue weighted by molar-refractivity contribution is 6.04. The van der Waals surface area contributed by atoms with Gasteiger partial charge in [-0.15, -0.1) is 0 Å². The Labute approximate surface area is 186 Å². The molecule has 1 aromatic carbocycles. The molecule has 1 N–H and O–H groups in total. The first-order valence-electron chi connectivity index (χ1n) is 11.1. The van der Waals surface area contributed by atoms with Crippen molar-refractivity contribution in [2.45, 2.75) is 33.3 Å². The molecule has 7 nitrogen and oxygen atoms in total. The van der Waals surface area contributed by atoms with Crippen molar-refractivity contribution in [3.05, 3.63) is 42.1 Å². The molecule has 31 heavy (non-hydrogen) atoms. The Bertz CT molecular complexity index is 876. The Morgan fingerprint density at radius 2 is 1.74 bits per heavy atom. The van der Waals surface area contributed by atoms with Gasteiger partial charge >= 0.3 is 0 Å². The van der Waals surface area contributed by atoms with Crippen molar-refractivity contribution in [2.75, 3.05) is 61.9 Å². The minimum atomic E-state index is -0.0280. The first-order valence-corrected chi connectivity index (χ1v) is 11.1. The standard InChI is InChI=1S/C24H35N5O2/c1-6-12-25-23-22(24(30)27(4)5)20(11-13-26-23)29-16-14-28(15-17-29)19-9-7-8-10-21(19)31-18(2)3/h7-11,13,18H,6,12,14-17H2,1-5H3,(H,25,26). The Kier molecular flexibility index (Phi) is 7.60. The summed E-state index contributed by atoms with van der Waals surface area (Å²) in [5.74, 6) is 1.56. The molecule has 1 aliphatic heterocycles. The fraction of sp³-hybridized carbons (Fsp3) is 0.500. The van der Waals surface area contributed by atoms with E-state index in [0.29, 0.717) is 11.4 Å². The number of anilines is 3. The van der Waals surface area contributed by atoms with Gasteiger partial charge in [0, 0.05) is 53.0 Å². The molecule has 1 aromatic heterocycles. The van der Waals surface area contributed by atoms with Crippen molar-refractivity contribution in [1.82, 2.24) is 9.88 Å². The van der Waals surface area contributed by atoms with E-state index >= 15 is 0 Å². The maximum atomic E-state index is 13.0. The van der Waals surface area contributed by atoms with Crippen molar-refractivity contribution in [1.29, 1.82) is 0 Å². The van der Waals surface area contributed by atoms with Crippen molar-refractivity contribution in [3.63, 3.8) is 0 Å². The van der Waals surface area contributed by atoms with Gasteiger partial charge in [-0.2, -0.15) is 0 Å². The van der Waals surface area contributed by atoms with Crippen LogP contribution in [0.2, 0.25) is 0 Å². The van der Waals surface area contributed by atoms with Crippen molar-refractivity contribution < 1.29 is 9.53 Å². The van der Waals surface area contributed by atoms with Crippen LogP contribution in [0.5, 0.6) is 5.75 Å². The number of pyridine rings is 1. The first-order chi connectivity index (χ1) is 14.9. The zero-order chi connectivity index (χ0) is 22.4. The summed E-state index contributed by atoms with van der Waals surface area (Å²) in [6.45, 7) is 10.3. The molecule has 0 atom stereocenters. The fourth-order valence-corrected chi connectivity index (χ4v) is 3.79. The zero-order valence-electron chi connectivity index (χ0n) is 19.4. The monoisotopic (exact) mass is 425 g/mol. The van der Waals surface area contributed by atoms with E-state index < -0.39 is 0 Å². The summed E-state index contributed by atoms with van der Waals surface area (Å²) < 4.78 is 6.02. The molecule has 1 amide bonds. The molecule has 0 saturated carbocycles. The van der Waals surface area contributed by atoms with Gasteiger partial charge in [0.25, 0.3) is 5.91 Å². The van der Waals surface area contributed by atoms with Gasteiger partial charge in [-0.05, 0) is 38.5 Å². The number of hydrogen-bond acceptors (Lipinski definition) is 6. The smallest absolute Gasteiger partial charge is 0.259 e. The van der Waals surface area contributed by atoms with Gasteiger partial charge < -0.3 is 24.8 Å². The number of nitrogens with zero attached hydrogens (tertiary/aromatic N) is 4. The van der Waals surface area contributed by atoms with E-state index in [1.165, 1.54) is 0 Å². The highest BCUT2D eigenvalue weighted by Gasteiger charge is 2.26. The van der Waals surface area contributed by atoms with Gasteiger partial charge in [0.05, 0.1) is 17.5 Å². The third kappa shape index (κ3) is 5.40. The normalized spacial score (nSPS) is 14.0. The van der Waals surface area contributed by atoms with E-state index in [2.05, 4.69) is 39.2 Å². The van der Waals surface area contributed by atoms with Crippen LogP contribution in [0.4, 0.5) is 17.2 Å². The highest BCUT2D eigenvalue weighted by Crippen LogP contribution is 2.32. The lowest BCUT2D eigenvalue weighted by Gasteiger charge is -2.39. The average molecular weight is 426 g/mol. The van der Waals surface area contributed by atoms with E-state index in [4.69, 9.17) is 4.74 Å². The van der Waals surface area contributed by atoms with Crippen LogP contribution in [-0.2, 0) is 0 Å². The third-order valence-electron chi connectivity index (χ3n) is 5.28. The fourth-order valence-electron chi connectivity index (χ4n) is 3.79. The van der Waals surface area contributed by atoms with Gasteiger partial charge in [0.15, 0.2) is 0 Å². The Morgan fingerprint density at radius 3 is 2.35 bits per heavy atom. The molecule has 2 aromatic rings. The number of para-hydroxylation sites is 2. The number of piperazine rings is 1. The number of rotatable bonds is 8. The van der Waals surface area contributed by atoms with Crippen LogP contribution in [0.15, 0.2) is 36.5 Å². The Morgan fingerprint density at radius 1 is 1.10 bits per heavy atom. The third-order valence-corrected chi connectivity index (χ3v) is 5.28. The summed E-state index contributed by atoms with van der Waals surface area (Å²) in [4.78, 5) is 23.8. The molecule has 0 aliphatic carbocycles. The van der Waals surface area contributed by atoms with E-state index in [9.17, 15) is 4.79 Å². The van der Waals surface area contributed by atoms with Crippen molar-refractivity contribution in [2.24, 2.45) is 0 Å². The van der Waals surface area contributed by atoms with E-state index in [1.807, 2.05) is 32.0 Å². The SMILES string of the molecule is CCCNc1nccc(N2CCN(c3ccccc3OC(C)C)CC2)c1C(=O)N(C)C. The molecule has 7 heteroatoms. The maximum Gasteiger partial charge on any atom is 0.259 e. The second-order valence-corrected chi connectivity index (χ2v) is 8.29. The molecule has 168 valence electrons. The summed E-state index contributed by atoms with van der Waals surface area (Å²) in [6.07, 6.45) is 2.89. The summed E-state index contributed by atoms with van der Waals surface area (Å²) in [5.41, 5.74) is 2.72. The lowest BCUT2D eigenvalue weighted by atomic mass is 10.1. The summed E-state index contributed by atoms with van der Waals surface area (Å²) in [6, 6.07) is 10.2. The molecular weight excluding hydrogens is 390 g/mol. The molecule has 1 aliphatic rings. The number of hydrogen-bond donors (Lipinski definition) is 1. The highest BCUT2D eigenvalue weighted by atomic mass is 16.5. The molecule has 0 unspecified atom stereocenters. The van der Waals surface area contributed by atoms with E-state index in [-0.39, 0.29) is 12.0 Å². The number of aromatic nitrogens is 1. The Hall–Kier alpha value is -2.96. The van der Waals surface area contributed by atoms with Gasteiger partial charge in [-0.25, -0.2) is 4.98 Å². The molecule has 0 radical (unpaired) electrons. The van der Waals surface area contributed by atoms with Crippen LogP contribution >= 0.6 is 0 Å². The van der Waals surface area contributed by atoms with Gasteiger partial charge in [0.2, 0.25) is 0 Å². The molecule has 2 heterocycles. The lowest BCUT2D eigenvalue weighted by molar-refractivity contribution is 0.0828. The topological polar surface area (TPSA) is 60.9 Å². The molecule has 3 rings (SSSR count). The van der Waals surface area contributed by atoms with Gasteiger partial charge in [0.1, 0.15) is 17.1 Å². The van der Waals surface area contributed by atoms with Crippen LogP contribution in [0, 0.1) is 0 Å². The van der Waals surface area contributed by atoms with Crippen molar-refractivity contribution in [3.8, 4) is 5.75 Å². The Balaban J connectivity index is 1.82.